The van der Waals surface area contributed by atoms with Crippen molar-refractivity contribution in [3.8, 4) is 5.75 Å². The highest BCUT2D eigenvalue weighted by Crippen LogP contribution is 2.26. The van der Waals surface area contributed by atoms with Gasteiger partial charge in [0, 0.05) is 26.1 Å². The predicted octanol–water partition coefficient (Wildman–Crippen LogP) is 3.56. The number of nitrogens with zero attached hydrogens (tertiary/aromatic N) is 2. The summed E-state index contributed by atoms with van der Waals surface area (Å²) in [5.74, 6) is 0.701. The van der Waals surface area contributed by atoms with E-state index in [9.17, 15) is 9.18 Å². The molecule has 1 atom stereocenters. The Labute approximate surface area is 150 Å². The van der Waals surface area contributed by atoms with Crippen LogP contribution in [0.1, 0.15) is 28.2 Å². The Balaban J connectivity index is 1.59. The summed E-state index contributed by atoms with van der Waals surface area (Å²) >= 11 is 1.39. The molecule has 0 aliphatic carbocycles. The number of ether oxygens (including phenoxy) is 1. The molecule has 134 valence electrons. The molecule has 5 nitrogen and oxygen atoms in total. The Kier molecular flexibility index (Phi) is 5.53. The SMILES string of the molecule is CNc1nc(C)c(C(=O)N2CCC[C@@H](COc3ccc(F)cc3)C2)s1. The first-order chi connectivity index (χ1) is 12.1. The fraction of sp³-hybridized carbons (Fsp3) is 0.444. The molecule has 2 aromatic rings. The van der Waals surface area contributed by atoms with E-state index in [1.807, 2.05) is 11.8 Å². The minimum absolute atomic E-state index is 0.0444. The molecular formula is C18H22FN3O2S. The second-order valence-electron chi connectivity index (χ2n) is 6.21. The number of carbonyl (C=O) groups excluding carboxylic acids is 1. The molecule has 7 heteroatoms. The highest BCUT2D eigenvalue weighted by molar-refractivity contribution is 7.17. The highest BCUT2D eigenvalue weighted by atomic mass is 32.1. The Bertz CT molecular complexity index is 732. The number of hydrogen-bond acceptors (Lipinski definition) is 5. The number of amides is 1. The summed E-state index contributed by atoms with van der Waals surface area (Å²) in [6.45, 7) is 3.83. The second kappa shape index (κ2) is 7.82. The van der Waals surface area contributed by atoms with Crippen LogP contribution in [0.25, 0.3) is 0 Å². The van der Waals surface area contributed by atoms with E-state index in [4.69, 9.17) is 4.74 Å². The Morgan fingerprint density at radius 1 is 1.44 bits per heavy atom. The summed E-state index contributed by atoms with van der Waals surface area (Å²) in [5.41, 5.74) is 0.768. The van der Waals surface area contributed by atoms with Crippen molar-refractivity contribution >= 4 is 22.4 Å². The Hall–Kier alpha value is -2.15. The molecule has 1 fully saturated rings. The van der Waals surface area contributed by atoms with Gasteiger partial charge >= 0.3 is 0 Å². The van der Waals surface area contributed by atoms with Crippen LogP contribution in [0.2, 0.25) is 0 Å². The Morgan fingerprint density at radius 3 is 2.88 bits per heavy atom. The lowest BCUT2D eigenvalue weighted by Crippen LogP contribution is -2.41. The molecular weight excluding hydrogens is 341 g/mol. The third kappa shape index (κ3) is 4.28. The molecule has 3 rings (SSSR count). The summed E-state index contributed by atoms with van der Waals surface area (Å²) < 4.78 is 18.7. The van der Waals surface area contributed by atoms with Gasteiger partial charge in [0.15, 0.2) is 5.13 Å². The number of likely N-dealkylation sites (tertiary alicyclic amines) is 1. The van der Waals surface area contributed by atoms with E-state index in [0.29, 0.717) is 23.8 Å². The number of rotatable bonds is 5. The quantitative estimate of drug-likeness (QED) is 0.882. The van der Waals surface area contributed by atoms with E-state index in [1.54, 1.807) is 19.2 Å². The second-order valence-corrected chi connectivity index (χ2v) is 7.21. The summed E-state index contributed by atoms with van der Waals surface area (Å²) in [7, 11) is 1.80. The number of halogens is 1. The van der Waals surface area contributed by atoms with Gasteiger partial charge in [0.25, 0.3) is 5.91 Å². The van der Waals surface area contributed by atoms with Crippen LogP contribution in [0.4, 0.5) is 9.52 Å². The van der Waals surface area contributed by atoms with Gasteiger partial charge in [0.2, 0.25) is 0 Å². The van der Waals surface area contributed by atoms with E-state index in [-0.39, 0.29) is 17.6 Å². The zero-order valence-corrected chi connectivity index (χ0v) is 15.2. The third-order valence-corrected chi connectivity index (χ3v) is 5.47. The van der Waals surface area contributed by atoms with Crippen LogP contribution in [-0.2, 0) is 0 Å². The lowest BCUT2D eigenvalue weighted by atomic mass is 9.98. The molecule has 2 heterocycles. The molecule has 1 N–H and O–H groups in total. The van der Waals surface area contributed by atoms with Crippen molar-refractivity contribution in [3.05, 3.63) is 40.7 Å². The van der Waals surface area contributed by atoms with Crippen molar-refractivity contribution in [3.63, 3.8) is 0 Å². The summed E-state index contributed by atoms with van der Waals surface area (Å²) in [6.07, 6.45) is 1.98. The average molecular weight is 363 g/mol. The van der Waals surface area contributed by atoms with E-state index >= 15 is 0 Å². The van der Waals surface area contributed by atoms with Gasteiger partial charge in [-0.1, -0.05) is 11.3 Å². The average Bonchev–Trinajstić information content (AvgIpc) is 3.02. The largest absolute Gasteiger partial charge is 0.493 e. The molecule has 1 amide bonds. The first kappa shape index (κ1) is 17.7. The molecule has 0 bridgehead atoms. The van der Waals surface area contributed by atoms with Gasteiger partial charge in [-0.25, -0.2) is 9.37 Å². The van der Waals surface area contributed by atoms with Gasteiger partial charge < -0.3 is 15.0 Å². The van der Waals surface area contributed by atoms with Crippen molar-refractivity contribution < 1.29 is 13.9 Å². The minimum atomic E-state index is -0.275. The first-order valence-corrected chi connectivity index (χ1v) is 9.21. The molecule has 0 radical (unpaired) electrons. The summed E-state index contributed by atoms with van der Waals surface area (Å²) in [4.78, 5) is 19.7. The van der Waals surface area contributed by atoms with Crippen molar-refractivity contribution in [1.29, 1.82) is 0 Å². The fourth-order valence-corrected chi connectivity index (χ4v) is 3.86. The number of anilines is 1. The van der Waals surface area contributed by atoms with Crippen LogP contribution in [0.5, 0.6) is 5.75 Å². The van der Waals surface area contributed by atoms with E-state index in [0.717, 1.165) is 30.2 Å². The molecule has 1 saturated heterocycles. The van der Waals surface area contributed by atoms with Gasteiger partial charge in [-0.3, -0.25) is 4.79 Å². The predicted molar refractivity (Wildman–Crippen MR) is 96.9 cm³/mol. The fourth-order valence-electron chi connectivity index (χ4n) is 2.98. The van der Waals surface area contributed by atoms with Gasteiger partial charge in [0.1, 0.15) is 16.4 Å². The van der Waals surface area contributed by atoms with E-state index in [1.165, 1.54) is 23.5 Å². The van der Waals surface area contributed by atoms with Crippen LogP contribution in [-0.4, -0.2) is 42.5 Å². The zero-order chi connectivity index (χ0) is 17.8. The van der Waals surface area contributed by atoms with Gasteiger partial charge in [-0.2, -0.15) is 0 Å². The van der Waals surface area contributed by atoms with Crippen LogP contribution >= 0.6 is 11.3 Å². The summed E-state index contributed by atoms with van der Waals surface area (Å²) in [6, 6.07) is 6.03. The maximum absolute atomic E-state index is 12.9. The number of thiazole rings is 1. The van der Waals surface area contributed by atoms with Crippen molar-refractivity contribution in [2.45, 2.75) is 19.8 Å². The maximum atomic E-state index is 12.9. The number of aryl methyl sites for hydroxylation is 1. The van der Waals surface area contributed by atoms with Gasteiger partial charge in [0.05, 0.1) is 12.3 Å². The standard InChI is InChI=1S/C18H22FN3O2S/c1-12-16(25-18(20-2)21-12)17(23)22-9-3-4-13(10-22)11-24-15-7-5-14(19)6-8-15/h5-8,13H,3-4,9-11H2,1-2H3,(H,20,21)/t13-/m1/s1. The molecule has 0 unspecified atom stereocenters. The lowest BCUT2D eigenvalue weighted by Gasteiger charge is -2.32. The molecule has 25 heavy (non-hydrogen) atoms. The van der Waals surface area contributed by atoms with E-state index in [2.05, 4.69) is 10.3 Å². The molecule has 1 aliphatic rings. The van der Waals surface area contributed by atoms with Gasteiger partial charge in [-0.05, 0) is 44.0 Å². The number of hydrogen-bond donors (Lipinski definition) is 1. The van der Waals surface area contributed by atoms with Crippen LogP contribution < -0.4 is 10.1 Å². The molecule has 0 saturated carbocycles. The van der Waals surface area contributed by atoms with Crippen LogP contribution in [0.3, 0.4) is 0 Å². The van der Waals surface area contributed by atoms with Gasteiger partial charge in [-0.15, -0.1) is 0 Å². The normalized spacial score (nSPS) is 17.4. The Morgan fingerprint density at radius 2 is 2.20 bits per heavy atom. The lowest BCUT2D eigenvalue weighted by molar-refractivity contribution is 0.0637. The van der Waals surface area contributed by atoms with Crippen LogP contribution in [0, 0.1) is 18.7 Å². The zero-order valence-electron chi connectivity index (χ0n) is 14.4. The minimum Gasteiger partial charge on any atom is -0.493 e. The summed E-state index contributed by atoms with van der Waals surface area (Å²) in [5, 5.41) is 3.75. The smallest absolute Gasteiger partial charge is 0.265 e. The van der Waals surface area contributed by atoms with Crippen molar-refractivity contribution in [2.75, 3.05) is 32.1 Å². The molecule has 1 aliphatic heterocycles. The molecule has 0 spiro atoms. The number of piperidine rings is 1. The highest BCUT2D eigenvalue weighted by Gasteiger charge is 2.27. The number of carbonyl (C=O) groups is 1. The van der Waals surface area contributed by atoms with E-state index < -0.39 is 0 Å². The number of aromatic nitrogens is 1. The monoisotopic (exact) mass is 363 g/mol. The first-order valence-electron chi connectivity index (χ1n) is 8.39. The van der Waals surface area contributed by atoms with Crippen molar-refractivity contribution in [2.24, 2.45) is 5.92 Å². The maximum Gasteiger partial charge on any atom is 0.265 e. The van der Waals surface area contributed by atoms with Crippen LogP contribution in [0.15, 0.2) is 24.3 Å². The number of nitrogens with one attached hydrogen (secondary N) is 1. The van der Waals surface area contributed by atoms with Crippen molar-refractivity contribution in [1.82, 2.24) is 9.88 Å². The molecule has 1 aromatic carbocycles. The number of benzene rings is 1. The third-order valence-electron chi connectivity index (χ3n) is 4.31. The molecule has 1 aromatic heterocycles. The topological polar surface area (TPSA) is 54.5 Å².